The molecule has 0 aliphatic heterocycles. The summed E-state index contributed by atoms with van der Waals surface area (Å²) in [6, 6.07) is 7.47. The fourth-order valence-corrected chi connectivity index (χ4v) is 2.25. The van der Waals surface area contributed by atoms with Crippen molar-refractivity contribution in [3.8, 4) is 11.3 Å². The van der Waals surface area contributed by atoms with Crippen LogP contribution < -0.4 is 11.1 Å². The van der Waals surface area contributed by atoms with Crippen LogP contribution in [0.2, 0.25) is 0 Å². The standard InChI is InChI=1S/C13H15N3O2S/c1-2-18-7-12(17)16-13-15-11(8-19-13)9-4-3-5-10(14)6-9/h3-6,8H,2,7,14H2,1H3,(H,15,16,17). The third-order valence-electron chi connectivity index (χ3n) is 2.37. The van der Waals surface area contributed by atoms with Crippen LogP contribution in [-0.2, 0) is 9.53 Å². The van der Waals surface area contributed by atoms with Crippen LogP contribution in [0.4, 0.5) is 10.8 Å². The number of thiazole rings is 1. The molecule has 0 aliphatic rings. The van der Waals surface area contributed by atoms with Gasteiger partial charge in [0, 0.05) is 23.2 Å². The van der Waals surface area contributed by atoms with Crippen molar-refractivity contribution in [1.29, 1.82) is 0 Å². The zero-order valence-corrected chi connectivity index (χ0v) is 11.4. The molecule has 0 atom stereocenters. The molecule has 2 rings (SSSR count). The Balaban J connectivity index is 2.05. The lowest BCUT2D eigenvalue weighted by molar-refractivity contribution is -0.120. The lowest BCUT2D eigenvalue weighted by atomic mass is 10.1. The first-order chi connectivity index (χ1) is 9.19. The third-order valence-corrected chi connectivity index (χ3v) is 3.13. The van der Waals surface area contributed by atoms with Gasteiger partial charge in [-0.2, -0.15) is 0 Å². The molecule has 0 spiro atoms. The number of nitrogens with one attached hydrogen (secondary N) is 1. The summed E-state index contributed by atoms with van der Waals surface area (Å²) in [5.74, 6) is -0.199. The highest BCUT2D eigenvalue weighted by molar-refractivity contribution is 7.14. The van der Waals surface area contributed by atoms with E-state index in [9.17, 15) is 4.79 Å². The first kappa shape index (κ1) is 13.5. The van der Waals surface area contributed by atoms with Crippen molar-refractivity contribution in [1.82, 2.24) is 4.98 Å². The predicted octanol–water partition coefficient (Wildman–Crippen LogP) is 2.37. The van der Waals surface area contributed by atoms with E-state index >= 15 is 0 Å². The van der Waals surface area contributed by atoms with Crippen LogP contribution >= 0.6 is 11.3 Å². The highest BCUT2D eigenvalue weighted by Gasteiger charge is 2.08. The number of amides is 1. The highest BCUT2D eigenvalue weighted by atomic mass is 32.1. The number of ether oxygens (including phenoxy) is 1. The maximum Gasteiger partial charge on any atom is 0.252 e. The molecule has 5 nitrogen and oxygen atoms in total. The number of hydrogen-bond donors (Lipinski definition) is 2. The van der Waals surface area contributed by atoms with E-state index in [2.05, 4.69) is 10.3 Å². The molecule has 1 aromatic carbocycles. The van der Waals surface area contributed by atoms with Crippen molar-refractivity contribution in [2.45, 2.75) is 6.92 Å². The van der Waals surface area contributed by atoms with Crippen LogP contribution in [0.15, 0.2) is 29.6 Å². The van der Waals surface area contributed by atoms with E-state index in [0.717, 1.165) is 11.3 Å². The van der Waals surface area contributed by atoms with Crippen LogP contribution in [0.25, 0.3) is 11.3 Å². The molecule has 1 aromatic heterocycles. The van der Waals surface area contributed by atoms with Gasteiger partial charge in [0.1, 0.15) is 6.61 Å². The largest absolute Gasteiger partial charge is 0.399 e. The summed E-state index contributed by atoms with van der Waals surface area (Å²) in [6.45, 7) is 2.40. The summed E-state index contributed by atoms with van der Waals surface area (Å²) >= 11 is 1.37. The summed E-state index contributed by atoms with van der Waals surface area (Å²) in [5, 5.41) is 5.13. The van der Waals surface area contributed by atoms with Gasteiger partial charge in [-0.15, -0.1) is 11.3 Å². The molecule has 0 aliphatic carbocycles. The number of nitrogen functional groups attached to an aromatic ring is 1. The Kier molecular flexibility index (Phi) is 4.48. The van der Waals surface area contributed by atoms with Gasteiger partial charge in [-0.1, -0.05) is 12.1 Å². The normalized spacial score (nSPS) is 10.4. The fourth-order valence-electron chi connectivity index (χ4n) is 1.51. The Morgan fingerprint density at radius 1 is 1.53 bits per heavy atom. The van der Waals surface area contributed by atoms with Crippen molar-refractivity contribution in [2.24, 2.45) is 0 Å². The molecule has 2 aromatic rings. The predicted molar refractivity (Wildman–Crippen MR) is 77.1 cm³/mol. The van der Waals surface area contributed by atoms with Crippen molar-refractivity contribution in [2.75, 3.05) is 24.3 Å². The molecule has 0 fully saturated rings. The molecule has 0 saturated carbocycles. The number of nitrogens with two attached hydrogens (primary N) is 1. The summed E-state index contributed by atoms with van der Waals surface area (Å²) in [6.07, 6.45) is 0. The molecule has 0 radical (unpaired) electrons. The summed E-state index contributed by atoms with van der Waals surface area (Å²) < 4.78 is 5.02. The fraction of sp³-hybridized carbons (Fsp3) is 0.231. The number of nitrogens with zero attached hydrogens (tertiary/aromatic N) is 1. The van der Waals surface area contributed by atoms with E-state index in [0.29, 0.717) is 17.4 Å². The lowest BCUT2D eigenvalue weighted by Gasteiger charge is -2.01. The number of rotatable bonds is 5. The summed E-state index contributed by atoms with van der Waals surface area (Å²) in [7, 11) is 0. The second-order valence-electron chi connectivity index (χ2n) is 3.85. The Morgan fingerprint density at radius 2 is 2.37 bits per heavy atom. The molecular weight excluding hydrogens is 262 g/mol. The van der Waals surface area contributed by atoms with Crippen LogP contribution in [0.5, 0.6) is 0 Å². The minimum Gasteiger partial charge on any atom is -0.399 e. The van der Waals surface area contributed by atoms with Crippen molar-refractivity contribution in [3.05, 3.63) is 29.6 Å². The van der Waals surface area contributed by atoms with E-state index in [1.54, 1.807) is 0 Å². The molecule has 0 unspecified atom stereocenters. The monoisotopic (exact) mass is 277 g/mol. The van der Waals surface area contributed by atoms with Gasteiger partial charge in [0.15, 0.2) is 5.13 Å². The van der Waals surface area contributed by atoms with Crippen molar-refractivity contribution in [3.63, 3.8) is 0 Å². The zero-order valence-electron chi connectivity index (χ0n) is 10.6. The van der Waals surface area contributed by atoms with Crippen LogP contribution in [0.1, 0.15) is 6.92 Å². The van der Waals surface area contributed by atoms with Gasteiger partial charge in [-0.3, -0.25) is 10.1 Å². The molecule has 0 bridgehead atoms. The van der Waals surface area contributed by atoms with E-state index in [1.807, 2.05) is 36.6 Å². The Morgan fingerprint density at radius 3 is 3.11 bits per heavy atom. The van der Waals surface area contributed by atoms with E-state index < -0.39 is 0 Å². The van der Waals surface area contributed by atoms with Crippen LogP contribution in [0.3, 0.4) is 0 Å². The van der Waals surface area contributed by atoms with Crippen molar-refractivity contribution < 1.29 is 9.53 Å². The molecule has 3 N–H and O–H groups in total. The molecule has 0 saturated heterocycles. The molecule has 100 valence electrons. The highest BCUT2D eigenvalue weighted by Crippen LogP contribution is 2.25. The number of hydrogen-bond acceptors (Lipinski definition) is 5. The summed E-state index contributed by atoms with van der Waals surface area (Å²) in [4.78, 5) is 15.8. The number of carbonyl (C=O) groups excluding carboxylic acids is 1. The second kappa shape index (κ2) is 6.31. The van der Waals surface area contributed by atoms with E-state index in [1.165, 1.54) is 11.3 Å². The topological polar surface area (TPSA) is 77.2 Å². The second-order valence-corrected chi connectivity index (χ2v) is 4.71. The van der Waals surface area contributed by atoms with Crippen LogP contribution in [-0.4, -0.2) is 24.1 Å². The zero-order chi connectivity index (χ0) is 13.7. The number of carbonyl (C=O) groups is 1. The summed E-state index contributed by atoms with van der Waals surface area (Å²) in [5.41, 5.74) is 8.14. The maximum atomic E-state index is 11.5. The van der Waals surface area contributed by atoms with Gasteiger partial charge in [-0.25, -0.2) is 4.98 Å². The Labute approximate surface area is 115 Å². The van der Waals surface area contributed by atoms with Gasteiger partial charge >= 0.3 is 0 Å². The van der Waals surface area contributed by atoms with Gasteiger partial charge in [0.25, 0.3) is 5.91 Å². The quantitative estimate of drug-likeness (QED) is 0.822. The van der Waals surface area contributed by atoms with Gasteiger partial charge < -0.3 is 10.5 Å². The molecule has 1 amide bonds. The van der Waals surface area contributed by atoms with Gasteiger partial charge in [0.05, 0.1) is 5.69 Å². The number of aromatic nitrogens is 1. The van der Waals surface area contributed by atoms with E-state index in [-0.39, 0.29) is 12.5 Å². The number of benzene rings is 1. The average molecular weight is 277 g/mol. The van der Waals surface area contributed by atoms with Crippen LogP contribution in [0, 0.1) is 0 Å². The molecule has 19 heavy (non-hydrogen) atoms. The molecular formula is C13H15N3O2S. The van der Waals surface area contributed by atoms with Gasteiger partial charge in [0.2, 0.25) is 0 Å². The van der Waals surface area contributed by atoms with Crippen molar-refractivity contribution >= 4 is 28.1 Å². The average Bonchev–Trinajstić information content (AvgIpc) is 2.85. The first-order valence-corrected chi connectivity index (χ1v) is 6.76. The van der Waals surface area contributed by atoms with E-state index in [4.69, 9.17) is 10.5 Å². The molecule has 1 heterocycles. The third kappa shape index (κ3) is 3.77. The number of anilines is 2. The first-order valence-electron chi connectivity index (χ1n) is 5.88. The lowest BCUT2D eigenvalue weighted by Crippen LogP contribution is -2.17. The maximum absolute atomic E-state index is 11.5. The Bertz CT molecular complexity index is 569. The van der Waals surface area contributed by atoms with Gasteiger partial charge in [-0.05, 0) is 19.1 Å². The smallest absolute Gasteiger partial charge is 0.252 e. The molecule has 6 heteroatoms. The Hall–Kier alpha value is -1.92. The minimum atomic E-state index is -0.199. The SMILES string of the molecule is CCOCC(=O)Nc1nc(-c2cccc(N)c2)cs1. The minimum absolute atomic E-state index is 0.0453.